The van der Waals surface area contributed by atoms with Gasteiger partial charge in [0.2, 0.25) is 5.91 Å². The molecule has 1 fully saturated rings. The van der Waals surface area contributed by atoms with Crippen LogP contribution in [0, 0.1) is 17.8 Å². The minimum Gasteiger partial charge on any atom is -0.481 e. The van der Waals surface area contributed by atoms with Gasteiger partial charge in [-0.1, -0.05) is 19.1 Å². The molecule has 3 aliphatic carbocycles. The highest BCUT2D eigenvalue weighted by Gasteiger charge is 2.36. The van der Waals surface area contributed by atoms with E-state index in [2.05, 4.69) is 17.6 Å². The number of amides is 2. The molecule has 150 valence electrons. The summed E-state index contributed by atoms with van der Waals surface area (Å²) in [4.78, 5) is 38.6. The van der Waals surface area contributed by atoms with Gasteiger partial charge in [-0.25, -0.2) is 0 Å². The molecule has 2 amide bonds. The molecule has 3 aliphatic rings. The highest BCUT2D eigenvalue weighted by molar-refractivity contribution is 7.17. The van der Waals surface area contributed by atoms with Crippen LogP contribution in [0.5, 0.6) is 0 Å². The van der Waals surface area contributed by atoms with Gasteiger partial charge in [0.15, 0.2) is 0 Å². The van der Waals surface area contributed by atoms with Crippen molar-refractivity contribution in [2.75, 3.05) is 5.32 Å². The summed E-state index contributed by atoms with van der Waals surface area (Å²) < 4.78 is 0. The molecule has 0 unspecified atom stereocenters. The Morgan fingerprint density at radius 3 is 2.50 bits per heavy atom. The zero-order valence-electron chi connectivity index (χ0n) is 16.0. The van der Waals surface area contributed by atoms with Crippen LogP contribution in [-0.4, -0.2) is 28.9 Å². The van der Waals surface area contributed by atoms with Crippen molar-refractivity contribution in [2.24, 2.45) is 17.8 Å². The van der Waals surface area contributed by atoms with Gasteiger partial charge in [-0.05, 0) is 56.4 Å². The third-order valence-corrected chi connectivity index (χ3v) is 7.14. The monoisotopic (exact) mass is 402 g/mol. The molecule has 1 aromatic rings. The molecule has 0 aromatic carbocycles. The molecule has 3 atom stereocenters. The molecule has 3 N–H and O–H groups in total. The second-order valence-corrected chi connectivity index (χ2v) is 9.39. The van der Waals surface area contributed by atoms with Crippen LogP contribution in [0.15, 0.2) is 12.2 Å². The van der Waals surface area contributed by atoms with Crippen LogP contribution in [0.4, 0.5) is 5.00 Å². The van der Waals surface area contributed by atoms with Crippen molar-refractivity contribution in [2.45, 2.75) is 57.9 Å². The maximum Gasteiger partial charge on any atom is 0.307 e. The summed E-state index contributed by atoms with van der Waals surface area (Å²) in [6, 6.07) is 0.244. The van der Waals surface area contributed by atoms with Crippen LogP contribution in [0.3, 0.4) is 0 Å². The van der Waals surface area contributed by atoms with Crippen molar-refractivity contribution in [3.05, 3.63) is 28.2 Å². The summed E-state index contributed by atoms with van der Waals surface area (Å²) in [5.74, 6) is -2.13. The number of hydrogen-bond donors (Lipinski definition) is 3. The number of hydrogen-bond acceptors (Lipinski definition) is 4. The van der Waals surface area contributed by atoms with E-state index in [9.17, 15) is 19.5 Å². The van der Waals surface area contributed by atoms with Crippen LogP contribution in [0.1, 0.15) is 59.8 Å². The summed E-state index contributed by atoms with van der Waals surface area (Å²) in [6.07, 6.45) is 9.28. The quantitative estimate of drug-likeness (QED) is 0.658. The lowest BCUT2D eigenvalue weighted by Crippen LogP contribution is -2.35. The van der Waals surface area contributed by atoms with Crippen LogP contribution in [0.2, 0.25) is 0 Å². The van der Waals surface area contributed by atoms with E-state index in [0.717, 1.165) is 37.7 Å². The van der Waals surface area contributed by atoms with Crippen LogP contribution in [-0.2, 0) is 22.4 Å². The molecular weight excluding hydrogens is 376 g/mol. The molecule has 7 heteroatoms. The SMILES string of the molecule is C[C@@H]1CCc2c(sc(NC(=O)[C@H]3CC=CC[C@@H]3C(=O)O)c2C(=O)NC2CC2)C1. The summed E-state index contributed by atoms with van der Waals surface area (Å²) >= 11 is 1.49. The molecule has 0 radical (unpaired) electrons. The number of carbonyl (C=O) groups excluding carboxylic acids is 2. The Morgan fingerprint density at radius 2 is 1.82 bits per heavy atom. The number of aliphatic carboxylic acids is 1. The maximum atomic E-state index is 12.9. The predicted molar refractivity (Wildman–Crippen MR) is 108 cm³/mol. The van der Waals surface area contributed by atoms with E-state index < -0.39 is 17.8 Å². The third kappa shape index (κ3) is 3.85. The Hall–Kier alpha value is -2.15. The smallest absolute Gasteiger partial charge is 0.307 e. The van der Waals surface area contributed by atoms with Crippen molar-refractivity contribution in [3.8, 4) is 0 Å². The molecule has 28 heavy (non-hydrogen) atoms. The molecule has 0 aliphatic heterocycles. The molecule has 4 rings (SSSR count). The van der Waals surface area contributed by atoms with E-state index in [0.29, 0.717) is 29.3 Å². The number of nitrogens with one attached hydrogen (secondary N) is 2. The number of thiophene rings is 1. The molecule has 1 aromatic heterocycles. The van der Waals surface area contributed by atoms with Gasteiger partial charge < -0.3 is 15.7 Å². The van der Waals surface area contributed by atoms with Crippen LogP contribution >= 0.6 is 11.3 Å². The van der Waals surface area contributed by atoms with Crippen molar-refractivity contribution in [3.63, 3.8) is 0 Å². The number of fused-ring (bicyclic) bond motifs is 1. The van der Waals surface area contributed by atoms with Gasteiger partial charge in [0.1, 0.15) is 5.00 Å². The Kier molecular flexibility index (Phi) is 5.27. The molecular formula is C21H26N2O4S. The van der Waals surface area contributed by atoms with Gasteiger partial charge in [0.25, 0.3) is 5.91 Å². The largest absolute Gasteiger partial charge is 0.481 e. The first-order valence-electron chi connectivity index (χ1n) is 10.1. The van der Waals surface area contributed by atoms with E-state index in [-0.39, 0.29) is 17.9 Å². The number of allylic oxidation sites excluding steroid dienone is 2. The number of anilines is 1. The van der Waals surface area contributed by atoms with E-state index >= 15 is 0 Å². The van der Waals surface area contributed by atoms with E-state index in [1.807, 2.05) is 12.2 Å². The first-order valence-corrected chi connectivity index (χ1v) is 10.9. The zero-order chi connectivity index (χ0) is 19.8. The minimum atomic E-state index is -0.949. The second kappa shape index (κ2) is 7.70. The van der Waals surface area contributed by atoms with Crippen LogP contribution in [0.25, 0.3) is 0 Å². The van der Waals surface area contributed by atoms with Crippen molar-refractivity contribution < 1.29 is 19.5 Å². The highest BCUT2D eigenvalue weighted by Crippen LogP contribution is 2.40. The number of carboxylic acids is 1. The normalized spacial score (nSPS) is 26.4. The Bertz CT molecular complexity index is 840. The molecule has 6 nitrogen and oxygen atoms in total. The zero-order valence-corrected chi connectivity index (χ0v) is 16.8. The lowest BCUT2D eigenvalue weighted by molar-refractivity contribution is -0.146. The average Bonchev–Trinajstić information content (AvgIpc) is 3.40. The molecule has 1 heterocycles. The van der Waals surface area contributed by atoms with Crippen molar-refractivity contribution >= 4 is 34.1 Å². The molecule has 1 saturated carbocycles. The summed E-state index contributed by atoms with van der Waals surface area (Å²) in [7, 11) is 0. The third-order valence-electron chi connectivity index (χ3n) is 5.97. The predicted octanol–water partition coefficient (Wildman–Crippen LogP) is 3.37. The van der Waals surface area contributed by atoms with Gasteiger partial charge in [0, 0.05) is 10.9 Å². The Balaban J connectivity index is 1.61. The maximum absolute atomic E-state index is 12.9. The van der Waals surface area contributed by atoms with Gasteiger partial charge in [-0.15, -0.1) is 11.3 Å². The molecule has 0 spiro atoms. The average molecular weight is 403 g/mol. The van der Waals surface area contributed by atoms with E-state index in [4.69, 9.17) is 0 Å². The molecule has 0 saturated heterocycles. The van der Waals surface area contributed by atoms with Crippen LogP contribution < -0.4 is 10.6 Å². The van der Waals surface area contributed by atoms with Gasteiger partial charge in [-0.3, -0.25) is 14.4 Å². The number of carboxylic acid groups (broad SMARTS) is 1. The first-order chi connectivity index (χ1) is 13.4. The number of carbonyl (C=O) groups is 3. The van der Waals surface area contributed by atoms with Gasteiger partial charge in [0.05, 0.1) is 17.4 Å². The lowest BCUT2D eigenvalue weighted by Gasteiger charge is -2.24. The lowest BCUT2D eigenvalue weighted by atomic mass is 9.82. The fourth-order valence-electron chi connectivity index (χ4n) is 4.15. The van der Waals surface area contributed by atoms with E-state index in [1.165, 1.54) is 16.2 Å². The topological polar surface area (TPSA) is 95.5 Å². The minimum absolute atomic E-state index is 0.108. The standard InChI is InChI=1S/C21H26N2O4S/c1-11-6-9-15-16(10-11)28-20(17(15)19(25)22-12-7-8-12)23-18(24)13-4-2-3-5-14(13)21(26)27/h2-3,11-14H,4-10H2,1H3,(H,22,25)(H,23,24)(H,26,27)/t11-,13+,14+/m1/s1. The fraction of sp³-hybridized carbons (Fsp3) is 0.571. The number of rotatable bonds is 5. The first kappa shape index (κ1) is 19.2. The fourth-order valence-corrected chi connectivity index (χ4v) is 5.56. The van der Waals surface area contributed by atoms with Crippen molar-refractivity contribution in [1.82, 2.24) is 5.32 Å². The Morgan fingerprint density at radius 1 is 1.11 bits per heavy atom. The highest BCUT2D eigenvalue weighted by atomic mass is 32.1. The Labute approximate surface area is 168 Å². The van der Waals surface area contributed by atoms with E-state index in [1.54, 1.807) is 0 Å². The van der Waals surface area contributed by atoms with Gasteiger partial charge in [-0.2, -0.15) is 0 Å². The van der Waals surface area contributed by atoms with Gasteiger partial charge >= 0.3 is 5.97 Å². The molecule has 0 bridgehead atoms. The van der Waals surface area contributed by atoms with Crippen molar-refractivity contribution in [1.29, 1.82) is 0 Å². The summed E-state index contributed by atoms with van der Waals surface area (Å²) in [5, 5.41) is 16.0. The second-order valence-electron chi connectivity index (χ2n) is 8.29. The summed E-state index contributed by atoms with van der Waals surface area (Å²) in [6.45, 7) is 2.21. The summed E-state index contributed by atoms with van der Waals surface area (Å²) in [5.41, 5.74) is 1.67.